The Labute approximate surface area is 189 Å². The van der Waals surface area contributed by atoms with E-state index in [1.807, 2.05) is 31.3 Å². The van der Waals surface area contributed by atoms with Crippen molar-refractivity contribution in [3.8, 4) is 0 Å². The zero-order chi connectivity index (χ0) is 23.2. The quantitative estimate of drug-likeness (QED) is 0.417. The van der Waals surface area contributed by atoms with E-state index >= 15 is 0 Å². The van der Waals surface area contributed by atoms with Crippen LogP contribution in [0.15, 0.2) is 53.4 Å². The smallest absolute Gasteiger partial charge is 0.239 e. The highest BCUT2D eigenvalue weighted by molar-refractivity contribution is 7.93. The number of Topliss-reactive ketones (excluding diaryl/α,β-unsaturated/α-hetero) is 1. The van der Waals surface area contributed by atoms with E-state index in [4.69, 9.17) is 10.5 Å². The van der Waals surface area contributed by atoms with Crippen molar-refractivity contribution in [2.45, 2.75) is 48.2 Å². The number of hydrogen-bond acceptors (Lipinski definition) is 6. The van der Waals surface area contributed by atoms with Gasteiger partial charge in [0, 0.05) is 37.9 Å². The molecule has 8 heteroatoms. The number of amides is 1. The first-order chi connectivity index (χ1) is 15.3. The molecule has 0 aromatic heterocycles. The van der Waals surface area contributed by atoms with Crippen molar-refractivity contribution >= 4 is 27.2 Å². The van der Waals surface area contributed by atoms with Crippen LogP contribution in [0, 0.1) is 0 Å². The summed E-state index contributed by atoms with van der Waals surface area (Å²) < 4.78 is 30.0. The summed E-state index contributed by atoms with van der Waals surface area (Å²) in [5.74, 6) is -0.711. The molecule has 172 valence electrons. The van der Waals surface area contributed by atoms with Crippen LogP contribution in [-0.4, -0.2) is 45.1 Å². The highest BCUT2D eigenvalue weighted by atomic mass is 32.2. The minimum absolute atomic E-state index is 0.0676. The molecule has 3 N–H and O–H groups in total. The third kappa shape index (κ3) is 5.02. The van der Waals surface area contributed by atoms with Crippen molar-refractivity contribution in [3.63, 3.8) is 0 Å². The predicted octanol–water partition coefficient (Wildman–Crippen LogP) is 3.13. The molecule has 0 bridgehead atoms. The maximum absolute atomic E-state index is 13.2. The second kappa shape index (κ2) is 10.3. The van der Waals surface area contributed by atoms with Gasteiger partial charge in [0.25, 0.3) is 0 Å². The maximum atomic E-state index is 13.2. The van der Waals surface area contributed by atoms with Gasteiger partial charge in [0.1, 0.15) is 0 Å². The van der Waals surface area contributed by atoms with Crippen LogP contribution in [-0.2, 0) is 25.8 Å². The Morgan fingerprint density at radius 2 is 1.62 bits per heavy atom. The summed E-state index contributed by atoms with van der Waals surface area (Å²) in [6.45, 7) is 0.386. The maximum Gasteiger partial charge on any atom is 0.239 e. The topological polar surface area (TPSA) is 116 Å². The molecule has 0 spiro atoms. The molecule has 0 unspecified atom stereocenters. The number of rotatable bonds is 10. The molecular weight excluding hydrogens is 428 g/mol. The SMILES string of the molecule is CNc1ccc(C(=O)CCCCc2ccc(S(=O)(=O)C3(C(N)=O)CCOCC3)cc2)cc1. The van der Waals surface area contributed by atoms with Crippen LogP contribution >= 0.6 is 0 Å². The number of ether oxygens (including phenoxy) is 1. The molecule has 0 atom stereocenters. The molecule has 1 fully saturated rings. The summed E-state index contributed by atoms with van der Waals surface area (Å²) in [5.41, 5.74) is 8.16. The molecule has 1 saturated heterocycles. The van der Waals surface area contributed by atoms with Crippen LogP contribution in [0.2, 0.25) is 0 Å². The summed E-state index contributed by atoms with van der Waals surface area (Å²) in [6.07, 6.45) is 2.90. The molecule has 0 aliphatic carbocycles. The normalized spacial score (nSPS) is 15.8. The second-order valence-corrected chi connectivity index (χ2v) is 10.3. The second-order valence-electron chi connectivity index (χ2n) is 8.08. The van der Waals surface area contributed by atoms with Crippen molar-refractivity contribution < 1.29 is 22.7 Å². The van der Waals surface area contributed by atoms with Gasteiger partial charge in [0.05, 0.1) is 4.90 Å². The molecule has 3 rings (SSSR count). The molecule has 0 radical (unpaired) electrons. The lowest BCUT2D eigenvalue weighted by atomic mass is 9.98. The van der Waals surface area contributed by atoms with Gasteiger partial charge in [-0.2, -0.15) is 0 Å². The van der Waals surface area contributed by atoms with Crippen LogP contribution < -0.4 is 11.1 Å². The monoisotopic (exact) mass is 458 g/mol. The molecule has 32 heavy (non-hydrogen) atoms. The van der Waals surface area contributed by atoms with Crippen LogP contribution in [0.3, 0.4) is 0 Å². The number of benzene rings is 2. The Morgan fingerprint density at radius 3 is 2.19 bits per heavy atom. The molecule has 1 amide bonds. The van der Waals surface area contributed by atoms with Gasteiger partial charge in [0.2, 0.25) is 5.91 Å². The third-order valence-corrected chi connectivity index (χ3v) is 8.64. The fourth-order valence-electron chi connectivity index (χ4n) is 3.99. The molecule has 1 aliphatic rings. The lowest BCUT2D eigenvalue weighted by Gasteiger charge is -2.33. The van der Waals surface area contributed by atoms with Gasteiger partial charge in [-0.25, -0.2) is 8.42 Å². The number of primary amides is 1. The van der Waals surface area contributed by atoms with E-state index < -0.39 is 20.5 Å². The van der Waals surface area contributed by atoms with Crippen molar-refractivity contribution in [1.82, 2.24) is 0 Å². The Hall–Kier alpha value is -2.71. The Bertz CT molecular complexity index is 1040. The van der Waals surface area contributed by atoms with E-state index in [0.717, 1.165) is 30.5 Å². The number of hydrogen-bond donors (Lipinski definition) is 2. The highest BCUT2D eigenvalue weighted by Gasteiger charge is 2.50. The molecule has 7 nitrogen and oxygen atoms in total. The number of aryl methyl sites for hydroxylation is 1. The Kier molecular flexibility index (Phi) is 7.69. The first-order valence-electron chi connectivity index (χ1n) is 10.8. The van der Waals surface area contributed by atoms with E-state index in [1.54, 1.807) is 24.3 Å². The fourth-order valence-corrected chi connectivity index (χ4v) is 5.91. The van der Waals surface area contributed by atoms with Gasteiger partial charge < -0.3 is 15.8 Å². The number of carbonyl (C=O) groups excluding carboxylic acids is 2. The largest absolute Gasteiger partial charge is 0.388 e. The predicted molar refractivity (Wildman–Crippen MR) is 123 cm³/mol. The molecular formula is C24H30N2O5S. The Morgan fingerprint density at radius 1 is 1.00 bits per heavy atom. The summed E-state index contributed by atoms with van der Waals surface area (Å²) in [5, 5.41) is 3.03. The van der Waals surface area contributed by atoms with E-state index in [9.17, 15) is 18.0 Å². The fraction of sp³-hybridized carbons (Fsp3) is 0.417. The van der Waals surface area contributed by atoms with E-state index in [-0.39, 0.29) is 36.7 Å². The van der Waals surface area contributed by atoms with Crippen molar-refractivity contribution in [1.29, 1.82) is 0 Å². The van der Waals surface area contributed by atoms with E-state index in [2.05, 4.69) is 5.32 Å². The summed E-state index contributed by atoms with van der Waals surface area (Å²) in [7, 11) is -2.08. The highest BCUT2D eigenvalue weighted by Crippen LogP contribution is 2.35. The van der Waals surface area contributed by atoms with Gasteiger partial charge in [0.15, 0.2) is 20.4 Å². The lowest BCUT2D eigenvalue weighted by molar-refractivity contribution is -0.122. The van der Waals surface area contributed by atoms with Crippen molar-refractivity contribution in [2.24, 2.45) is 5.73 Å². The standard InChI is InChI=1S/C24H30N2O5S/c1-26-20-10-8-19(9-11-20)22(27)5-3-2-4-18-6-12-21(13-7-18)32(29,30)24(23(25)28)14-16-31-17-15-24/h6-13,26H,2-5,14-17H2,1H3,(H2,25,28). The van der Waals surface area contributed by atoms with Crippen LogP contribution in [0.5, 0.6) is 0 Å². The first kappa shape index (κ1) is 23.9. The number of anilines is 1. The van der Waals surface area contributed by atoms with Gasteiger partial charge in [-0.05, 0) is 74.1 Å². The summed E-state index contributed by atoms with van der Waals surface area (Å²) >= 11 is 0. The third-order valence-electron chi connectivity index (χ3n) is 6.11. The minimum atomic E-state index is -3.92. The molecule has 2 aromatic carbocycles. The molecule has 0 saturated carbocycles. The lowest BCUT2D eigenvalue weighted by Crippen LogP contribution is -2.53. The Balaban J connectivity index is 1.56. The molecule has 1 aliphatic heterocycles. The van der Waals surface area contributed by atoms with E-state index in [1.165, 1.54) is 0 Å². The van der Waals surface area contributed by atoms with Crippen LogP contribution in [0.4, 0.5) is 5.69 Å². The number of nitrogens with two attached hydrogens (primary N) is 1. The number of nitrogens with one attached hydrogen (secondary N) is 1. The molecule has 1 heterocycles. The van der Waals surface area contributed by atoms with Crippen LogP contribution in [0.1, 0.15) is 48.0 Å². The van der Waals surface area contributed by atoms with Gasteiger partial charge in [-0.15, -0.1) is 0 Å². The number of ketones is 1. The zero-order valence-electron chi connectivity index (χ0n) is 18.3. The number of sulfone groups is 1. The average Bonchev–Trinajstić information content (AvgIpc) is 2.82. The van der Waals surface area contributed by atoms with Crippen molar-refractivity contribution in [2.75, 3.05) is 25.6 Å². The van der Waals surface area contributed by atoms with Crippen LogP contribution in [0.25, 0.3) is 0 Å². The van der Waals surface area contributed by atoms with Gasteiger partial charge in [-0.3, -0.25) is 9.59 Å². The van der Waals surface area contributed by atoms with E-state index in [0.29, 0.717) is 12.0 Å². The van der Waals surface area contributed by atoms with Gasteiger partial charge in [-0.1, -0.05) is 12.1 Å². The number of unbranched alkanes of at least 4 members (excludes halogenated alkanes) is 1. The number of carbonyl (C=O) groups is 2. The minimum Gasteiger partial charge on any atom is -0.388 e. The molecule has 2 aromatic rings. The van der Waals surface area contributed by atoms with Gasteiger partial charge >= 0.3 is 0 Å². The summed E-state index contributed by atoms with van der Waals surface area (Å²) in [6, 6.07) is 14.0. The summed E-state index contributed by atoms with van der Waals surface area (Å²) in [4.78, 5) is 24.5. The zero-order valence-corrected chi connectivity index (χ0v) is 19.1. The average molecular weight is 459 g/mol. The first-order valence-corrected chi connectivity index (χ1v) is 12.3. The van der Waals surface area contributed by atoms with Crippen molar-refractivity contribution in [3.05, 3.63) is 59.7 Å².